The number of para-hydroxylation sites is 1. The van der Waals surface area contributed by atoms with Crippen LogP contribution >= 0.6 is 7.57 Å². The molecule has 1 aliphatic rings. The third-order valence-electron chi connectivity index (χ3n) is 8.65. The molecule has 0 aliphatic carbocycles. The number of nitrogens with one attached hydrogen (secondary N) is 1. The predicted molar refractivity (Wildman–Crippen MR) is 214 cm³/mol. The SMILES string of the molecule is C=P(OCc1ccccc1)(OCc1ccccc1)Oc1cc(O)cc2c1Nc1c(O)cccc1C(=O)N2C/C=C(\C)CC/C=C(\C)CCC=C(C)C. The number of aromatic hydroxyl groups is 2. The molecule has 4 aromatic carbocycles. The van der Waals surface area contributed by atoms with Gasteiger partial charge in [-0.05, 0) is 82.9 Å². The van der Waals surface area contributed by atoms with Crippen molar-refractivity contribution in [1.29, 1.82) is 0 Å². The second kappa shape index (κ2) is 18.0. The molecule has 3 N–H and O–H groups in total. The van der Waals surface area contributed by atoms with Crippen LogP contribution in [0.3, 0.4) is 0 Å². The topological polar surface area (TPSA) is 100 Å². The summed E-state index contributed by atoms with van der Waals surface area (Å²) in [5, 5.41) is 25.3. The quantitative estimate of drug-likeness (QED) is 0.0458. The summed E-state index contributed by atoms with van der Waals surface area (Å²) < 4.78 is 19.2. The zero-order valence-corrected chi connectivity index (χ0v) is 31.4. The number of phenols is 2. The van der Waals surface area contributed by atoms with Crippen LogP contribution in [0.15, 0.2) is 126 Å². The van der Waals surface area contributed by atoms with Gasteiger partial charge >= 0.3 is 7.57 Å². The van der Waals surface area contributed by atoms with Crippen LogP contribution in [0.5, 0.6) is 17.2 Å². The molecule has 0 fully saturated rings. The number of nitrogens with zero attached hydrogens (tertiary/aromatic N) is 1. The Morgan fingerprint density at radius 1 is 0.769 bits per heavy atom. The van der Waals surface area contributed by atoms with E-state index in [-0.39, 0.29) is 54.2 Å². The lowest BCUT2D eigenvalue weighted by Crippen LogP contribution is -2.30. The number of allylic oxidation sites excluding steroid dienone is 5. The molecule has 1 heterocycles. The van der Waals surface area contributed by atoms with Crippen molar-refractivity contribution in [3.05, 3.63) is 143 Å². The molecule has 272 valence electrons. The smallest absolute Gasteiger partial charge is 0.303 e. The summed E-state index contributed by atoms with van der Waals surface area (Å²) in [6.45, 7) is 9.02. The van der Waals surface area contributed by atoms with Gasteiger partial charge in [0.25, 0.3) is 5.91 Å². The van der Waals surface area contributed by atoms with Gasteiger partial charge in [0.15, 0.2) is 5.75 Å². The fourth-order valence-electron chi connectivity index (χ4n) is 5.73. The molecular weight excluding hydrogens is 671 g/mol. The second-order valence-corrected chi connectivity index (χ2v) is 15.2. The van der Waals surface area contributed by atoms with E-state index in [0.717, 1.165) is 42.4 Å². The minimum Gasteiger partial charge on any atom is -0.508 e. The van der Waals surface area contributed by atoms with E-state index in [1.54, 1.807) is 17.0 Å². The summed E-state index contributed by atoms with van der Waals surface area (Å²) in [5.74, 6) is -0.421. The van der Waals surface area contributed by atoms with Gasteiger partial charge in [0.2, 0.25) is 0 Å². The zero-order chi connectivity index (χ0) is 37.1. The Kier molecular flexibility index (Phi) is 13.2. The van der Waals surface area contributed by atoms with Crippen LogP contribution in [0.1, 0.15) is 74.9 Å². The van der Waals surface area contributed by atoms with Gasteiger partial charge in [0.1, 0.15) is 17.2 Å². The molecule has 0 saturated heterocycles. The Hall–Kier alpha value is -5.01. The lowest BCUT2D eigenvalue weighted by molar-refractivity contribution is 0.0991. The van der Waals surface area contributed by atoms with E-state index in [9.17, 15) is 15.0 Å². The van der Waals surface area contributed by atoms with Gasteiger partial charge in [-0.1, -0.05) is 102 Å². The van der Waals surface area contributed by atoms with E-state index in [1.165, 1.54) is 29.3 Å². The number of carbonyl (C=O) groups excluding carboxylic acids is 1. The molecular formula is C43H49N2O6P. The maximum Gasteiger partial charge on any atom is 0.303 e. The lowest BCUT2D eigenvalue weighted by atomic mass is 10.1. The summed E-state index contributed by atoms with van der Waals surface area (Å²) in [4.78, 5) is 15.8. The molecule has 8 nitrogen and oxygen atoms in total. The van der Waals surface area contributed by atoms with Crippen molar-refractivity contribution < 1.29 is 28.6 Å². The monoisotopic (exact) mass is 720 g/mol. The molecule has 4 aromatic rings. The number of fused-ring (bicyclic) bond motifs is 2. The first-order valence-electron chi connectivity index (χ1n) is 17.5. The molecule has 1 aliphatic heterocycles. The Morgan fingerprint density at radius 2 is 1.37 bits per heavy atom. The van der Waals surface area contributed by atoms with Crippen LogP contribution < -0.4 is 14.7 Å². The van der Waals surface area contributed by atoms with Gasteiger partial charge in [0.05, 0.1) is 30.2 Å². The van der Waals surface area contributed by atoms with Crippen LogP contribution in [-0.2, 0) is 22.3 Å². The van der Waals surface area contributed by atoms with Crippen molar-refractivity contribution in [3.63, 3.8) is 0 Å². The van der Waals surface area contributed by atoms with E-state index in [1.807, 2.05) is 66.7 Å². The molecule has 0 spiro atoms. The second-order valence-electron chi connectivity index (χ2n) is 13.3. The van der Waals surface area contributed by atoms with Crippen molar-refractivity contribution >= 4 is 36.8 Å². The molecule has 0 aromatic heterocycles. The van der Waals surface area contributed by atoms with Crippen molar-refractivity contribution in [3.8, 4) is 17.2 Å². The van der Waals surface area contributed by atoms with Gasteiger partial charge in [-0.25, -0.2) is 0 Å². The molecule has 1 amide bonds. The number of phenolic OH excluding ortho intramolecular Hbond substituents is 2. The Labute approximate surface area is 307 Å². The number of hydrogen-bond acceptors (Lipinski definition) is 7. The number of carbonyl (C=O) groups is 1. The van der Waals surface area contributed by atoms with Gasteiger partial charge in [-0.3, -0.25) is 4.79 Å². The lowest BCUT2D eigenvalue weighted by Gasteiger charge is -2.28. The Morgan fingerprint density at radius 3 is 1.98 bits per heavy atom. The third kappa shape index (κ3) is 10.5. The molecule has 0 bridgehead atoms. The van der Waals surface area contributed by atoms with Crippen LogP contribution in [0.25, 0.3) is 0 Å². The zero-order valence-electron chi connectivity index (χ0n) is 30.5. The fourth-order valence-corrected chi connectivity index (χ4v) is 7.04. The van der Waals surface area contributed by atoms with Crippen LogP contribution in [0, 0.1) is 0 Å². The molecule has 52 heavy (non-hydrogen) atoms. The summed E-state index contributed by atoms with van der Waals surface area (Å²) in [5.41, 5.74) is 6.85. The number of amides is 1. The van der Waals surface area contributed by atoms with Gasteiger partial charge < -0.3 is 34.0 Å². The number of benzene rings is 4. The van der Waals surface area contributed by atoms with E-state index in [4.69, 9.17) is 13.6 Å². The first-order chi connectivity index (χ1) is 25.0. The maximum absolute atomic E-state index is 14.2. The predicted octanol–water partition coefficient (Wildman–Crippen LogP) is 11.2. The highest BCUT2D eigenvalue weighted by molar-refractivity contribution is 7.60. The van der Waals surface area contributed by atoms with Gasteiger partial charge in [-0.2, -0.15) is 0 Å². The van der Waals surface area contributed by atoms with Crippen molar-refractivity contribution in [2.24, 2.45) is 0 Å². The van der Waals surface area contributed by atoms with E-state index in [2.05, 4.69) is 51.5 Å². The molecule has 0 radical (unpaired) electrons. The van der Waals surface area contributed by atoms with Crippen molar-refractivity contribution in [2.45, 2.75) is 66.6 Å². The summed E-state index contributed by atoms with van der Waals surface area (Å²) in [6, 6.07) is 27.0. The first kappa shape index (κ1) is 38.2. The van der Waals surface area contributed by atoms with Crippen molar-refractivity contribution in [1.82, 2.24) is 0 Å². The Bertz CT molecular complexity index is 1940. The number of hydrogen-bond donors (Lipinski definition) is 3. The van der Waals surface area contributed by atoms with Gasteiger partial charge in [-0.15, -0.1) is 0 Å². The molecule has 0 saturated carbocycles. The standard InChI is InChI=1S/C43H49N2O6P/c1-31(2)15-12-16-32(3)17-13-18-33(4)25-26-45-38-27-36(46)28-40(42(38)44-41-37(43(45)48)23-14-24-39(41)47)51-52(5,49-29-34-19-8-6-9-20-34)50-30-35-21-10-7-11-22-35/h6-11,14-15,17,19-25,27-28,44,46-47H,5,12-13,16,18,26,29-30H2,1-4H3/b32-17+,33-25+. The largest absolute Gasteiger partial charge is 0.508 e. The number of anilines is 3. The highest BCUT2D eigenvalue weighted by atomic mass is 31.2. The van der Waals surface area contributed by atoms with Crippen LogP contribution in [-0.4, -0.2) is 29.0 Å². The highest BCUT2D eigenvalue weighted by Gasteiger charge is 2.32. The third-order valence-corrected chi connectivity index (χ3v) is 10.2. The molecule has 0 unspecified atom stereocenters. The first-order valence-corrected chi connectivity index (χ1v) is 19.3. The van der Waals surface area contributed by atoms with E-state index >= 15 is 0 Å². The molecule has 9 heteroatoms. The fraction of sp³-hybridized carbons (Fsp3) is 0.256. The minimum absolute atomic E-state index is 0.104. The van der Waals surface area contributed by atoms with Gasteiger partial charge in [0, 0.05) is 18.7 Å². The number of rotatable bonds is 16. The highest BCUT2D eigenvalue weighted by Crippen LogP contribution is 2.55. The Balaban J connectivity index is 1.46. The van der Waals surface area contributed by atoms with Crippen LogP contribution in [0.2, 0.25) is 0 Å². The summed E-state index contributed by atoms with van der Waals surface area (Å²) >= 11 is 0. The summed E-state index contributed by atoms with van der Waals surface area (Å²) in [7, 11) is -3.39. The minimum atomic E-state index is -3.39. The molecule has 0 atom stereocenters. The maximum atomic E-state index is 14.2. The normalized spacial score (nSPS) is 13.2. The van der Waals surface area contributed by atoms with E-state index in [0.29, 0.717) is 11.4 Å². The molecule has 5 rings (SSSR count). The average molecular weight is 721 g/mol. The average Bonchev–Trinajstić information content (AvgIpc) is 3.24. The van der Waals surface area contributed by atoms with Crippen LogP contribution in [0.4, 0.5) is 17.1 Å². The van der Waals surface area contributed by atoms with Crippen molar-refractivity contribution in [2.75, 3.05) is 16.8 Å². The van der Waals surface area contributed by atoms with E-state index < -0.39 is 7.57 Å². The summed E-state index contributed by atoms with van der Waals surface area (Å²) in [6.07, 6.45) is 14.7.